The molecule has 39 heavy (non-hydrogen) atoms. The maximum absolute atomic E-state index is 12.1. The first kappa shape index (κ1) is 30.1. The van der Waals surface area contributed by atoms with Crippen molar-refractivity contribution in [1.29, 1.82) is 0 Å². The first-order valence-electron chi connectivity index (χ1n) is 15.6. The van der Waals surface area contributed by atoms with Crippen LogP contribution in [0.4, 0.5) is 0 Å². The van der Waals surface area contributed by atoms with Gasteiger partial charge in [0.1, 0.15) is 0 Å². The summed E-state index contributed by atoms with van der Waals surface area (Å²) in [5.41, 5.74) is 0.375. The Morgan fingerprint density at radius 2 is 1.92 bits per heavy atom. The van der Waals surface area contributed by atoms with Crippen molar-refractivity contribution in [3.05, 3.63) is 48.3 Å². The summed E-state index contributed by atoms with van der Waals surface area (Å²) in [5.74, 6) is -1.03. The molecule has 1 aromatic rings. The fourth-order valence-corrected chi connectivity index (χ4v) is 7.60. The largest absolute Gasteiger partial charge is 0.481 e. The Kier molecular flexibility index (Phi) is 10.9. The third-order valence-electron chi connectivity index (χ3n) is 9.96. The number of aliphatic hydroxyl groups is 3. The molecule has 3 aliphatic carbocycles. The van der Waals surface area contributed by atoms with E-state index in [1.807, 2.05) is 18.5 Å². The van der Waals surface area contributed by atoms with Gasteiger partial charge in [-0.3, -0.25) is 4.79 Å². The van der Waals surface area contributed by atoms with Crippen molar-refractivity contribution in [2.75, 3.05) is 0 Å². The lowest BCUT2D eigenvalue weighted by Gasteiger charge is -2.39. The number of aromatic amines is 1. The van der Waals surface area contributed by atoms with Gasteiger partial charge in [0.05, 0.1) is 23.7 Å². The van der Waals surface area contributed by atoms with Crippen LogP contribution in [0.15, 0.2) is 42.8 Å². The van der Waals surface area contributed by atoms with E-state index < -0.39 is 23.6 Å². The minimum absolute atomic E-state index is 0.0509. The van der Waals surface area contributed by atoms with Crippen LogP contribution in [-0.2, 0) is 11.2 Å². The average Bonchev–Trinajstić information content (AvgIpc) is 3.54. The van der Waals surface area contributed by atoms with Crippen LogP contribution in [0.3, 0.4) is 0 Å². The van der Waals surface area contributed by atoms with E-state index >= 15 is 0 Å². The summed E-state index contributed by atoms with van der Waals surface area (Å²) in [6, 6.07) is 2.08. The number of unbranched alkanes of at least 4 members (excludes halogenated alkanes) is 4. The number of rotatable bonds is 15. The molecule has 6 heteroatoms. The Morgan fingerprint density at radius 3 is 2.64 bits per heavy atom. The standard InChI is InChI=1S/C33H51NO5/c1-2-3-5-8-23-11-12-25(30(35)20-23)9-6-4-7-10-28(32(37)38)31(36)27-13-14-29-26(15-17-33(29,39)21-27)19-24-16-18-34-22-24/h11-14,16,18,22-23,25-31,34-36,39H,2-10,15,17,19-21H2,1H3,(H,37,38)/t23-,25-,26+,27+,28+,29+,30-,31-,33-/m1/s1. The molecular formula is C33H51NO5. The highest BCUT2D eigenvalue weighted by Crippen LogP contribution is 2.49. The number of carboxylic acid groups (broad SMARTS) is 1. The molecule has 0 saturated heterocycles. The lowest BCUT2D eigenvalue weighted by atomic mass is 9.70. The second-order valence-corrected chi connectivity index (χ2v) is 12.8. The molecule has 1 saturated carbocycles. The molecule has 0 spiro atoms. The predicted molar refractivity (Wildman–Crippen MR) is 154 cm³/mol. The van der Waals surface area contributed by atoms with E-state index in [2.05, 4.69) is 36.2 Å². The molecule has 1 fully saturated rings. The van der Waals surface area contributed by atoms with Crippen molar-refractivity contribution in [1.82, 2.24) is 4.98 Å². The Hall–Kier alpha value is -1.89. The van der Waals surface area contributed by atoms with Gasteiger partial charge in [0.25, 0.3) is 0 Å². The molecule has 5 N–H and O–H groups in total. The van der Waals surface area contributed by atoms with E-state index in [0.717, 1.165) is 51.4 Å². The summed E-state index contributed by atoms with van der Waals surface area (Å²) in [4.78, 5) is 15.2. The van der Waals surface area contributed by atoms with Crippen LogP contribution < -0.4 is 0 Å². The first-order valence-corrected chi connectivity index (χ1v) is 15.6. The highest BCUT2D eigenvalue weighted by Gasteiger charge is 2.50. The minimum Gasteiger partial charge on any atom is -0.481 e. The Balaban J connectivity index is 1.22. The molecule has 9 atom stereocenters. The van der Waals surface area contributed by atoms with Crippen molar-refractivity contribution in [2.24, 2.45) is 35.5 Å². The molecule has 3 aliphatic rings. The van der Waals surface area contributed by atoms with E-state index in [-0.39, 0.29) is 23.9 Å². The number of nitrogens with one attached hydrogen (secondary N) is 1. The van der Waals surface area contributed by atoms with Gasteiger partial charge in [0.2, 0.25) is 0 Å². The maximum atomic E-state index is 12.1. The molecule has 0 aliphatic heterocycles. The number of carboxylic acids is 1. The van der Waals surface area contributed by atoms with Crippen molar-refractivity contribution in [3.63, 3.8) is 0 Å². The van der Waals surface area contributed by atoms with Gasteiger partial charge in [-0.25, -0.2) is 0 Å². The van der Waals surface area contributed by atoms with Gasteiger partial charge in [-0.1, -0.05) is 69.8 Å². The summed E-state index contributed by atoms with van der Waals surface area (Å²) >= 11 is 0. The van der Waals surface area contributed by atoms with Crippen molar-refractivity contribution >= 4 is 5.97 Å². The van der Waals surface area contributed by atoms with E-state index in [9.17, 15) is 25.2 Å². The van der Waals surface area contributed by atoms with Crippen molar-refractivity contribution in [3.8, 4) is 0 Å². The molecule has 1 heterocycles. The summed E-state index contributed by atoms with van der Waals surface area (Å²) < 4.78 is 0. The summed E-state index contributed by atoms with van der Waals surface area (Å²) in [6.07, 6.45) is 23.8. The topological polar surface area (TPSA) is 114 Å². The second-order valence-electron chi connectivity index (χ2n) is 12.8. The monoisotopic (exact) mass is 541 g/mol. The van der Waals surface area contributed by atoms with Gasteiger partial charge < -0.3 is 25.4 Å². The molecule has 1 aromatic heterocycles. The zero-order chi connectivity index (χ0) is 27.8. The predicted octanol–water partition coefficient (Wildman–Crippen LogP) is 6.04. The second kappa shape index (κ2) is 14.1. The third kappa shape index (κ3) is 7.86. The quantitative estimate of drug-likeness (QED) is 0.137. The number of hydrogen-bond donors (Lipinski definition) is 5. The number of fused-ring (bicyclic) bond motifs is 1. The van der Waals surface area contributed by atoms with Crippen LogP contribution in [-0.4, -0.2) is 49.2 Å². The van der Waals surface area contributed by atoms with Crippen molar-refractivity contribution < 1.29 is 25.2 Å². The Bertz CT molecular complexity index is 942. The van der Waals surface area contributed by atoms with Gasteiger partial charge in [0.15, 0.2) is 0 Å². The highest BCUT2D eigenvalue weighted by atomic mass is 16.4. The Labute approximate surface area is 234 Å². The van der Waals surface area contributed by atoms with Gasteiger partial charge >= 0.3 is 5.97 Å². The third-order valence-corrected chi connectivity index (χ3v) is 9.96. The van der Waals surface area contributed by atoms with Crippen LogP contribution in [0.1, 0.15) is 96.0 Å². The molecule has 6 nitrogen and oxygen atoms in total. The molecule has 0 unspecified atom stereocenters. The van der Waals surface area contributed by atoms with E-state index in [4.69, 9.17) is 0 Å². The van der Waals surface area contributed by atoms with Crippen LogP contribution in [0.25, 0.3) is 0 Å². The van der Waals surface area contributed by atoms with Gasteiger partial charge in [0, 0.05) is 30.1 Å². The zero-order valence-electron chi connectivity index (χ0n) is 23.8. The molecule has 218 valence electrons. The molecule has 0 bridgehead atoms. The van der Waals surface area contributed by atoms with Crippen LogP contribution in [0.2, 0.25) is 0 Å². The van der Waals surface area contributed by atoms with Crippen LogP contribution >= 0.6 is 0 Å². The lowest BCUT2D eigenvalue weighted by Crippen LogP contribution is -2.44. The number of carbonyl (C=O) groups is 1. The zero-order valence-corrected chi connectivity index (χ0v) is 23.8. The molecule has 0 radical (unpaired) electrons. The molecule has 0 amide bonds. The summed E-state index contributed by atoms with van der Waals surface area (Å²) in [5, 5.41) is 43.1. The number of H-pyrrole nitrogens is 1. The lowest BCUT2D eigenvalue weighted by molar-refractivity contribution is -0.148. The first-order chi connectivity index (χ1) is 18.8. The molecule has 0 aromatic carbocycles. The summed E-state index contributed by atoms with van der Waals surface area (Å²) in [6.45, 7) is 2.21. The normalized spacial score (nSPS) is 33.6. The van der Waals surface area contributed by atoms with Crippen molar-refractivity contribution in [2.45, 2.75) is 115 Å². The van der Waals surface area contributed by atoms with Gasteiger partial charge in [-0.15, -0.1) is 0 Å². The number of hydrogen-bond acceptors (Lipinski definition) is 4. The van der Waals surface area contributed by atoms with Gasteiger partial charge in [-0.2, -0.15) is 0 Å². The number of aliphatic carboxylic acids is 1. The fraction of sp³-hybridized carbons (Fsp3) is 0.727. The van der Waals surface area contributed by atoms with E-state index in [1.165, 1.54) is 24.8 Å². The van der Waals surface area contributed by atoms with Crippen LogP contribution in [0, 0.1) is 35.5 Å². The van der Waals surface area contributed by atoms with Crippen LogP contribution in [0.5, 0.6) is 0 Å². The minimum atomic E-state index is -1.000. The fourth-order valence-electron chi connectivity index (χ4n) is 7.60. The summed E-state index contributed by atoms with van der Waals surface area (Å²) in [7, 11) is 0. The average molecular weight is 542 g/mol. The number of allylic oxidation sites excluding steroid dienone is 1. The smallest absolute Gasteiger partial charge is 0.309 e. The molecule has 4 rings (SSSR count). The van der Waals surface area contributed by atoms with Gasteiger partial charge in [-0.05, 0) is 74.8 Å². The molecular weight excluding hydrogens is 490 g/mol. The SMILES string of the molecule is CCCCC[C@@H]1C=C[C@@H](CCCCC[C@H](C(=O)O)[C@H](O)[C@H]2C=C[C@H]3[C@H](Cc4cc[nH]c4)CC[C@@]3(O)C2)[C@H](O)C1. The van der Waals surface area contributed by atoms with E-state index in [1.54, 1.807) is 0 Å². The van der Waals surface area contributed by atoms with E-state index in [0.29, 0.717) is 31.1 Å². The number of aliphatic hydroxyl groups excluding tert-OH is 2. The maximum Gasteiger partial charge on any atom is 0.309 e. The highest BCUT2D eigenvalue weighted by molar-refractivity contribution is 5.70. The number of aromatic nitrogens is 1. The Morgan fingerprint density at radius 1 is 1.10 bits per heavy atom.